The average molecular weight is 551 g/mol. The number of benzene rings is 3. The van der Waals surface area contributed by atoms with Crippen LogP contribution in [0.2, 0.25) is 0 Å². The van der Waals surface area contributed by atoms with Crippen molar-refractivity contribution in [1.29, 1.82) is 0 Å². The molecule has 3 aromatic rings. The Balaban J connectivity index is 1.36. The van der Waals surface area contributed by atoms with Crippen molar-refractivity contribution < 1.29 is 37.0 Å². The molecule has 1 aliphatic carbocycles. The van der Waals surface area contributed by atoms with Gasteiger partial charge in [-0.25, -0.2) is 0 Å². The highest BCUT2D eigenvalue weighted by molar-refractivity contribution is 6.01. The summed E-state index contributed by atoms with van der Waals surface area (Å²) in [5.74, 6) is -1.33. The average Bonchev–Trinajstić information content (AvgIpc) is 3.37. The Morgan fingerprint density at radius 1 is 0.825 bits per heavy atom. The van der Waals surface area contributed by atoms with Gasteiger partial charge in [0.15, 0.2) is 5.41 Å². The fourth-order valence-electron chi connectivity index (χ4n) is 5.40. The molecule has 0 unspecified atom stereocenters. The van der Waals surface area contributed by atoms with Crippen molar-refractivity contribution in [2.75, 3.05) is 0 Å². The molecular formula is C32H29F3O5. The Labute approximate surface area is 230 Å². The van der Waals surface area contributed by atoms with Gasteiger partial charge in [0.1, 0.15) is 13.2 Å². The highest BCUT2D eigenvalue weighted by atomic mass is 19.4. The third kappa shape index (κ3) is 5.82. The molecule has 0 fully saturated rings. The number of hydrogen-bond donors (Lipinski definition) is 0. The van der Waals surface area contributed by atoms with Crippen LogP contribution in [0.1, 0.15) is 54.5 Å². The number of carbonyl (C=O) groups is 2. The number of hydrogen-bond acceptors (Lipinski definition) is 5. The van der Waals surface area contributed by atoms with Crippen molar-refractivity contribution >= 4 is 11.9 Å². The molecule has 208 valence electrons. The predicted octanol–water partition coefficient (Wildman–Crippen LogP) is 7.12. The maximum absolute atomic E-state index is 13.6. The molecule has 0 radical (unpaired) electrons. The molecule has 1 heterocycles. The van der Waals surface area contributed by atoms with Gasteiger partial charge in [-0.3, -0.25) is 9.59 Å². The van der Waals surface area contributed by atoms with Gasteiger partial charge in [0.25, 0.3) is 0 Å². The standard InChI is InChI=1S/C32H29F3O5/c1-21-27-18-31(29(36)38-19-22-8-4-2-5-9-22,30(37)39-20-23-10-6-3-7-11-23)17-25(27)16-28(40-21)24-12-14-26(15-13-24)32(33,34)35/h2-15,21,28H,16-20H2,1H3/t21-,28-/m1/s1. The van der Waals surface area contributed by atoms with E-state index in [0.717, 1.165) is 34.4 Å². The summed E-state index contributed by atoms with van der Waals surface area (Å²) in [6.07, 6.45) is -4.82. The summed E-state index contributed by atoms with van der Waals surface area (Å²) >= 11 is 0. The first-order valence-corrected chi connectivity index (χ1v) is 13.1. The lowest BCUT2D eigenvalue weighted by molar-refractivity contribution is -0.173. The lowest BCUT2D eigenvalue weighted by Crippen LogP contribution is -2.40. The summed E-state index contributed by atoms with van der Waals surface area (Å²) in [6.45, 7) is 1.85. The van der Waals surface area contributed by atoms with E-state index in [0.29, 0.717) is 12.0 Å². The van der Waals surface area contributed by atoms with Gasteiger partial charge in [-0.1, -0.05) is 78.4 Å². The van der Waals surface area contributed by atoms with E-state index in [4.69, 9.17) is 14.2 Å². The molecule has 2 atom stereocenters. The van der Waals surface area contributed by atoms with E-state index in [9.17, 15) is 22.8 Å². The van der Waals surface area contributed by atoms with E-state index in [2.05, 4.69) is 0 Å². The first-order valence-electron chi connectivity index (χ1n) is 13.1. The molecule has 0 saturated heterocycles. The molecule has 0 spiro atoms. The Kier molecular flexibility index (Phi) is 7.81. The van der Waals surface area contributed by atoms with Crippen LogP contribution in [-0.2, 0) is 43.2 Å². The Morgan fingerprint density at radius 2 is 1.35 bits per heavy atom. The zero-order chi connectivity index (χ0) is 28.3. The Bertz CT molecular complexity index is 1330. The van der Waals surface area contributed by atoms with Crippen LogP contribution in [0.25, 0.3) is 0 Å². The van der Waals surface area contributed by atoms with Crippen LogP contribution in [-0.4, -0.2) is 18.0 Å². The predicted molar refractivity (Wildman–Crippen MR) is 141 cm³/mol. The Morgan fingerprint density at radius 3 is 1.85 bits per heavy atom. The Hall–Kier alpha value is -3.91. The smallest absolute Gasteiger partial charge is 0.416 e. The molecule has 3 aromatic carbocycles. The summed E-state index contributed by atoms with van der Waals surface area (Å²) in [7, 11) is 0. The second-order valence-electron chi connectivity index (χ2n) is 10.3. The number of halogens is 3. The maximum atomic E-state index is 13.6. The number of alkyl halides is 3. The first-order chi connectivity index (χ1) is 19.2. The molecule has 40 heavy (non-hydrogen) atoms. The van der Waals surface area contributed by atoms with Crippen LogP contribution in [0.4, 0.5) is 13.2 Å². The molecule has 5 nitrogen and oxygen atoms in total. The monoisotopic (exact) mass is 550 g/mol. The second kappa shape index (κ2) is 11.3. The zero-order valence-corrected chi connectivity index (χ0v) is 21.9. The molecular weight excluding hydrogens is 521 g/mol. The van der Waals surface area contributed by atoms with Crippen molar-refractivity contribution in [2.45, 2.75) is 57.8 Å². The molecule has 0 N–H and O–H groups in total. The fraction of sp³-hybridized carbons (Fsp3) is 0.312. The molecule has 0 bridgehead atoms. The van der Waals surface area contributed by atoms with Gasteiger partial charge in [-0.05, 0) is 60.6 Å². The molecule has 2 aliphatic rings. The third-order valence-corrected chi connectivity index (χ3v) is 7.57. The zero-order valence-electron chi connectivity index (χ0n) is 21.9. The minimum atomic E-state index is -4.43. The van der Waals surface area contributed by atoms with E-state index in [1.807, 2.05) is 67.6 Å². The molecule has 0 saturated carbocycles. The summed E-state index contributed by atoms with van der Waals surface area (Å²) in [5, 5.41) is 0. The van der Waals surface area contributed by atoms with Gasteiger partial charge >= 0.3 is 18.1 Å². The SMILES string of the molecule is C[C@H]1O[C@@H](c2ccc(C(F)(F)F)cc2)CC2=C1CC(C(=O)OCc1ccccc1)(C(=O)OCc1ccccc1)C2. The topological polar surface area (TPSA) is 61.8 Å². The molecule has 5 rings (SSSR count). The van der Waals surface area contributed by atoms with E-state index < -0.39 is 41.3 Å². The first kappa shape index (κ1) is 27.6. The van der Waals surface area contributed by atoms with Crippen molar-refractivity contribution in [3.8, 4) is 0 Å². The number of ether oxygens (including phenoxy) is 3. The quantitative estimate of drug-likeness (QED) is 0.178. The van der Waals surface area contributed by atoms with E-state index in [1.54, 1.807) is 0 Å². The van der Waals surface area contributed by atoms with Gasteiger partial charge < -0.3 is 14.2 Å². The number of esters is 2. The van der Waals surface area contributed by atoms with Crippen LogP contribution >= 0.6 is 0 Å². The molecule has 0 aromatic heterocycles. The van der Waals surface area contributed by atoms with E-state index in [1.165, 1.54) is 12.1 Å². The highest BCUT2D eigenvalue weighted by Crippen LogP contribution is 2.52. The molecule has 0 amide bonds. The van der Waals surface area contributed by atoms with Crippen molar-refractivity contribution in [3.05, 3.63) is 118 Å². The fourth-order valence-corrected chi connectivity index (χ4v) is 5.40. The van der Waals surface area contributed by atoms with Crippen LogP contribution < -0.4 is 0 Å². The van der Waals surface area contributed by atoms with Crippen LogP contribution in [0.5, 0.6) is 0 Å². The van der Waals surface area contributed by atoms with Gasteiger partial charge in [-0.15, -0.1) is 0 Å². The minimum absolute atomic E-state index is 0.0122. The van der Waals surface area contributed by atoms with Gasteiger partial charge in [-0.2, -0.15) is 13.2 Å². The summed E-state index contributed by atoms with van der Waals surface area (Å²) < 4.78 is 56.7. The van der Waals surface area contributed by atoms with Crippen LogP contribution in [0, 0.1) is 5.41 Å². The normalized spacial score (nSPS) is 20.1. The van der Waals surface area contributed by atoms with E-state index in [-0.39, 0.29) is 26.1 Å². The summed E-state index contributed by atoms with van der Waals surface area (Å²) in [6, 6.07) is 23.3. The largest absolute Gasteiger partial charge is 0.460 e. The lowest BCUT2D eigenvalue weighted by Gasteiger charge is -2.30. The maximum Gasteiger partial charge on any atom is 0.416 e. The van der Waals surface area contributed by atoms with Crippen LogP contribution in [0.3, 0.4) is 0 Å². The van der Waals surface area contributed by atoms with Crippen molar-refractivity contribution in [1.82, 2.24) is 0 Å². The minimum Gasteiger partial charge on any atom is -0.460 e. The third-order valence-electron chi connectivity index (χ3n) is 7.57. The highest BCUT2D eigenvalue weighted by Gasteiger charge is 2.55. The second-order valence-corrected chi connectivity index (χ2v) is 10.3. The van der Waals surface area contributed by atoms with Gasteiger partial charge in [0.2, 0.25) is 0 Å². The van der Waals surface area contributed by atoms with Crippen LogP contribution in [0.15, 0.2) is 96.1 Å². The molecule has 8 heteroatoms. The van der Waals surface area contributed by atoms with Gasteiger partial charge in [0.05, 0.1) is 17.8 Å². The van der Waals surface area contributed by atoms with E-state index >= 15 is 0 Å². The molecule has 1 aliphatic heterocycles. The lowest BCUT2D eigenvalue weighted by atomic mass is 9.83. The number of rotatable bonds is 7. The van der Waals surface area contributed by atoms with Gasteiger partial charge in [0, 0.05) is 0 Å². The van der Waals surface area contributed by atoms with Crippen molar-refractivity contribution in [2.24, 2.45) is 5.41 Å². The van der Waals surface area contributed by atoms with Crippen molar-refractivity contribution in [3.63, 3.8) is 0 Å². The summed E-state index contributed by atoms with van der Waals surface area (Å²) in [4.78, 5) is 27.3. The summed E-state index contributed by atoms with van der Waals surface area (Å²) in [5.41, 5.74) is 1.58. The number of carbonyl (C=O) groups excluding carboxylic acids is 2.